The van der Waals surface area contributed by atoms with E-state index in [0.29, 0.717) is 13.0 Å². The lowest BCUT2D eigenvalue weighted by Crippen LogP contribution is -2.24. The third-order valence-corrected chi connectivity index (χ3v) is 1.90. The SMILES string of the molecule is CCOC(=O)C[C@@H]1C=CC[C@H](C)O1. The highest BCUT2D eigenvalue weighted by Gasteiger charge is 2.17. The van der Waals surface area contributed by atoms with Crippen LogP contribution < -0.4 is 0 Å². The number of carbonyl (C=O) groups is 1. The molecule has 1 rings (SSSR count). The van der Waals surface area contributed by atoms with Gasteiger partial charge in [0.2, 0.25) is 0 Å². The number of ether oxygens (including phenoxy) is 2. The molecule has 0 saturated heterocycles. The van der Waals surface area contributed by atoms with Gasteiger partial charge in [0.25, 0.3) is 0 Å². The van der Waals surface area contributed by atoms with Gasteiger partial charge in [-0.3, -0.25) is 4.79 Å². The molecule has 0 N–H and O–H groups in total. The van der Waals surface area contributed by atoms with Gasteiger partial charge in [-0.05, 0) is 20.3 Å². The van der Waals surface area contributed by atoms with Crippen LogP contribution in [0.1, 0.15) is 26.7 Å². The molecule has 0 radical (unpaired) electrons. The fraction of sp³-hybridized carbons (Fsp3) is 0.700. The molecule has 0 bridgehead atoms. The van der Waals surface area contributed by atoms with E-state index >= 15 is 0 Å². The molecule has 0 spiro atoms. The van der Waals surface area contributed by atoms with Crippen molar-refractivity contribution < 1.29 is 14.3 Å². The molecular formula is C10H16O3. The molecule has 74 valence electrons. The normalized spacial score (nSPS) is 27.2. The van der Waals surface area contributed by atoms with E-state index < -0.39 is 0 Å². The Balaban J connectivity index is 2.32. The Morgan fingerprint density at radius 3 is 3.08 bits per heavy atom. The van der Waals surface area contributed by atoms with Crippen molar-refractivity contribution in [2.24, 2.45) is 0 Å². The van der Waals surface area contributed by atoms with Gasteiger partial charge in [-0.15, -0.1) is 0 Å². The Morgan fingerprint density at radius 2 is 2.46 bits per heavy atom. The summed E-state index contributed by atoms with van der Waals surface area (Å²) in [6.07, 6.45) is 5.36. The van der Waals surface area contributed by atoms with Gasteiger partial charge in [-0.1, -0.05) is 12.2 Å². The molecule has 0 aromatic heterocycles. The summed E-state index contributed by atoms with van der Waals surface area (Å²) in [5.41, 5.74) is 0. The van der Waals surface area contributed by atoms with E-state index in [1.807, 2.05) is 13.0 Å². The Kier molecular flexibility index (Phi) is 3.96. The highest BCUT2D eigenvalue weighted by molar-refractivity contribution is 5.70. The summed E-state index contributed by atoms with van der Waals surface area (Å²) in [5, 5.41) is 0. The van der Waals surface area contributed by atoms with Crippen LogP contribution in [0.2, 0.25) is 0 Å². The van der Waals surface area contributed by atoms with Crippen molar-refractivity contribution in [3.63, 3.8) is 0 Å². The molecule has 0 fully saturated rings. The number of esters is 1. The maximum Gasteiger partial charge on any atom is 0.308 e. The molecule has 0 saturated carbocycles. The maximum atomic E-state index is 11.1. The Morgan fingerprint density at radius 1 is 1.69 bits per heavy atom. The highest BCUT2D eigenvalue weighted by Crippen LogP contribution is 2.14. The molecule has 13 heavy (non-hydrogen) atoms. The Hall–Kier alpha value is -0.830. The first-order valence-electron chi connectivity index (χ1n) is 4.70. The third kappa shape index (κ3) is 3.59. The fourth-order valence-corrected chi connectivity index (χ4v) is 1.32. The van der Waals surface area contributed by atoms with Gasteiger partial charge in [0, 0.05) is 0 Å². The average molecular weight is 184 g/mol. The monoisotopic (exact) mass is 184 g/mol. The lowest BCUT2D eigenvalue weighted by atomic mass is 10.1. The Bertz CT molecular complexity index is 198. The molecule has 0 aromatic carbocycles. The molecule has 3 heteroatoms. The summed E-state index contributed by atoms with van der Waals surface area (Å²) in [5.74, 6) is -0.189. The predicted molar refractivity (Wildman–Crippen MR) is 49.3 cm³/mol. The van der Waals surface area contributed by atoms with Gasteiger partial charge in [-0.25, -0.2) is 0 Å². The first-order chi connectivity index (χ1) is 6.22. The van der Waals surface area contributed by atoms with Crippen LogP contribution in [0.15, 0.2) is 12.2 Å². The minimum atomic E-state index is -0.189. The van der Waals surface area contributed by atoms with E-state index in [0.717, 1.165) is 6.42 Å². The molecule has 2 atom stereocenters. The van der Waals surface area contributed by atoms with Crippen LogP contribution in [0.4, 0.5) is 0 Å². The van der Waals surface area contributed by atoms with E-state index in [-0.39, 0.29) is 18.2 Å². The molecule has 0 amide bonds. The van der Waals surface area contributed by atoms with E-state index in [2.05, 4.69) is 6.08 Å². The van der Waals surface area contributed by atoms with Gasteiger partial charge < -0.3 is 9.47 Å². The Labute approximate surface area is 78.7 Å². The van der Waals surface area contributed by atoms with Gasteiger partial charge in [0.15, 0.2) is 0 Å². The topological polar surface area (TPSA) is 35.5 Å². The summed E-state index contributed by atoms with van der Waals surface area (Å²) in [4.78, 5) is 11.1. The van der Waals surface area contributed by atoms with Crippen LogP contribution in [0, 0.1) is 0 Å². The van der Waals surface area contributed by atoms with Crippen LogP contribution in [-0.2, 0) is 14.3 Å². The van der Waals surface area contributed by atoms with Crippen LogP contribution in [0.25, 0.3) is 0 Å². The molecule has 0 aromatic rings. The lowest BCUT2D eigenvalue weighted by Gasteiger charge is -2.22. The quantitative estimate of drug-likeness (QED) is 0.494. The summed E-state index contributed by atoms with van der Waals surface area (Å²) in [6, 6.07) is 0. The zero-order valence-electron chi connectivity index (χ0n) is 8.16. The number of carbonyl (C=O) groups excluding carboxylic acids is 1. The second-order valence-electron chi connectivity index (χ2n) is 3.16. The first-order valence-corrected chi connectivity index (χ1v) is 4.70. The van der Waals surface area contributed by atoms with Crippen molar-refractivity contribution in [2.75, 3.05) is 6.61 Å². The summed E-state index contributed by atoms with van der Waals surface area (Å²) in [7, 11) is 0. The fourth-order valence-electron chi connectivity index (χ4n) is 1.32. The number of hydrogen-bond donors (Lipinski definition) is 0. The molecule has 0 unspecified atom stereocenters. The molecule has 1 aliphatic rings. The second kappa shape index (κ2) is 5.02. The average Bonchev–Trinajstić information content (AvgIpc) is 2.04. The maximum absolute atomic E-state index is 11.1. The molecule has 3 nitrogen and oxygen atoms in total. The van der Waals surface area contributed by atoms with Crippen molar-refractivity contribution in [3.05, 3.63) is 12.2 Å². The zero-order chi connectivity index (χ0) is 9.68. The molecule has 0 aliphatic carbocycles. The smallest absolute Gasteiger partial charge is 0.308 e. The van der Waals surface area contributed by atoms with Crippen molar-refractivity contribution in [1.29, 1.82) is 0 Å². The van der Waals surface area contributed by atoms with Gasteiger partial charge in [0.05, 0.1) is 25.2 Å². The number of rotatable bonds is 3. The van der Waals surface area contributed by atoms with Crippen LogP contribution in [0.5, 0.6) is 0 Å². The van der Waals surface area contributed by atoms with E-state index in [4.69, 9.17) is 9.47 Å². The van der Waals surface area contributed by atoms with Crippen molar-refractivity contribution in [1.82, 2.24) is 0 Å². The largest absolute Gasteiger partial charge is 0.466 e. The zero-order valence-corrected chi connectivity index (χ0v) is 8.16. The van der Waals surface area contributed by atoms with Crippen molar-refractivity contribution in [2.45, 2.75) is 38.9 Å². The second-order valence-corrected chi connectivity index (χ2v) is 3.16. The standard InChI is InChI=1S/C10H16O3/c1-3-12-10(11)7-9-6-4-5-8(2)13-9/h4,6,8-9H,3,5,7H2,1-2H3/t8-,9-/m0/s1. The highest BCUT2D eigenvalue weighted by atomic mass is 16.5. The molecular weight excluding hydrogens is 168 g/mol. The minimum absolute atomic E-state index is 0.0946. The van der Waals surface area contributed by atoms with Gasteiger partial charge >= 0.3 is 5.97 Å². The van der Waals surface area contributed by atoms with Crippen LogP contribution in [-0.4, -0.2) is 24.8 Å². The summed E-state index contributed by atoms with van der Waals surface area (Å²) < 4.78 is 10.3. The van der Waals surface area contributed by atoms with Crippen LogP contribution >= 0.6 is 0 Å². The van der Waals surface area contributed by atoms with Crippen LogP contribution in [0.3, 0.4) is 0 Å². The molecule has 1 aliphatic heterocycles. The van der Waals surface area contributed by atoms with Gasteiger partial charge in [0.1, 0.15) is 0 Å². The lowest BCUT2D eigenvalue weighted by molar-refractivity contribution is -0.146. The van der Waals surface area contributed by atoms with Crippen molar-refractivity contribution in [3.8, 4) is 0 Å². The predicted octanol–water partition coefficient (Wildman–Crippen LogP) is 1.67. The summed E-state index contributed by atoms with van der Waals surface area (Å²) in [6.45, 7) is 4.24. The van der Waals surface area contributed by atoms with Crippen molar-refractivity contribution >= 4 is 5.97 Å². The van der Waals surface area contributed by atoms with E-state index in [9.17, 15) is 4.79 Å². The van der Waals surface area contributed by atoms with Gasteiger partial charge in [-0.2, -0.15) is 0 Å². The van der Waals surface area contributed by atoms with E-state index in [1.165, 1.54) is 0 Å². The summed E-state index contributed by atoms with van der Waals surface area (Å²) >= 11 is 0. The first kappa shape index (κ1) is 10.3. The van der Waals surface area contributed by atoms with E-state index in [1.54, 1.807) is 6.92 Å². The molecule has 1 heterocycles. The number of hydrogen-bond acceptors (Lipinski definition) is 3. The minimum Gasteiger partial charge on any atom is -0.466 e. The third-order valence-electron chi connectivity index (χ3n) is 1.90.